The number of aromatic nitrogens is 4. The molecule has 1 saturated carbocycles. The maximum Gasteiger partial charge on any atom is 0.255 e. The minimum Gasteiger partial charge on any atom is -0.374 e. The van der Waals surface area contributed by atoms with Crippen LogP contribution in [0.25, 0.3) is 0 Å². The topological polar surface area (TPSA) is 73.1 Å². The van der Waals surface area contributed by atoms with E-state index in [1.165, 1.54) is 0 Å². The lowest BCUT2D eigenvalue weighted by molar-refractivity contribution is -0.0650. The SMILES string of the molecule is Cc1cnnn1C[C@@H]1CC[C@@H]2[C@H]1OCCN2C(=O)c1cccnc1. The summed E-state index contributed by atoms with van der Waals surface area (Å²) < 4.78 is 7.98. The van der Waals surface area contributed by atoms with Crippen LogP contribution in [0.4, 0.5) is 0 Å². The second kappa shape index (κ2) is 6.32. The van der Waals surface area contributed by atoms with Crippen molar-refractivity contribution in [3.05, 3.63) is 42.0 Å². The van der Waals surface area contributed by atoms with Gasteiger partial charge in [0.25, 0.3) is 5.91 Å². The van der Waals surface area contributed by atoms with Crippen molar-refractivity contribution < 1.29 is 9.53 Å². The van der Waals surface area contributed by atoms with Crippen molar-refractivity contribution in [3.63, 3.8) is 0 Å². The number of ether oxygens (including phenoxy) is 1. The van der Waals surface area contributed by atoms with Crippen LogP contribution in [0.5, 0.6) is 0 Å². The Hall–Kier alpha value is -2.28. The van der Waals surface area contributed by atoms with Crippen molar-refractivity contribution in [2.24, 2.45) is 5.92 Å². The Morgan fingerprint density at radius 3 is 3.04 bits per heavy atom. The molecule has 0 unspecified atom stereocenters. The monoisotopic (exact) mass is 327 g/mol. The van der Waals surface area contributed by atoms with Gasteiger partial charge in [-0.05, 0) is 31.9 Å². The van der Waals surface area contributed by atoms with Crippen LogP contribution in [0.2, 0.25) is 0 Å². The molecule has 3 atom stereocenters. The van der Waals surface area contributed by atoms with E-state index in [-0.39, 0.29) is 18.1 Å². The molecule has 0 radical (unpaired) electrons. The van der Waals surface area contributed by atoms with Gasteiger partial charge in [-0.1, -0.05) is 5.21 Å². The molecule has 126 valence electrons. The highest BCUT2D eigenvalue weighted by Crippen LogP contribution is 2.36. The van der Waals surface area contributed by atoms with E-state index in [2.05, 4.69) is 15.3 Å². The Labute approximate surface area is 140 Å². The Kier molecular flexibility index (Phi) is 4.02. The van der Waals surface area contributed by atoms with Crippen LogP contribution >= 0.6 is 0 Å². The maximum atomic E-state index is 12.8. The molecule has 2 fully saturated rings. The zero-order chi connectivity index (χ0) is 16.5. The third kappa shape index (κ3) is 2.69. The van der Waals surface area contributed by atoms with Gasteiger partial charge in [0.05, 0.1) is 36.2 Å². The van der Waals surface area contributed by atoms with Crippen molar-refractivity contribution in [3.8, 4) is 0 Å². The lowest BCUT2D eigenvalue weighted by atomic mass is 10.0. The fourth-order valence-electron chi connectivity index (χ4n) is 3.87. The summed E-state index contributed by atoms with van der Waals surface area (Å²) in [5.74, 6) is 0.416. The van der Waals surface area contributed by atoms with Crippen LogP contribution in [-0.4, -0.2) is 56.1 Å². The molecule has 3 heterocycles. The lowest BCUT2D eigenvalue weighted by Gasteiger charge is -2.39. The zero-order valence-electron chi connectivity index (χ0n) is 13.7. The van der Waals surface area contributed by atoms with E-state index in [0.717, 1.165) is 25.1 Å². The number of hydrogen-bond acceptors (Lipinski definition) is 5. The molecule has 1 amide bonds. The Morgan fingerprint density at radius 1 is 1.38 bits per heavy atom. The first-order valence-electron chi connectivity index (χ1n) is 8.42. The Morgan fingerprint density at radius 2 is 2.29 bits per heavy atom. The fraction of sp³-hybridized carbons (Fsp3) is 0.529. The zero-order valence-corrected chi connectivity index (χ0v) is 13.7. The first-order chi connectivity index (χ1) is 11.7. The molecule has 1 aliphatic carbocycles. The van der Waals surface area contributed by atoms with Gasteiger partial charge < -0.3 is 9.64 Å². The van der Waals surface area contributed by atoms with Gasteiger partial charge in [0.1, 0.15) is 0 Å². The highest BCUT2D eigenvalue weighted by atomic mass is 16.5. The molecule has 24 heavy (non-hydrogen) atoms. The van der Waals surface area contributed by atoms with Gasteiger partial charge in [-0.15, -0.1) is 5.10 Å². The summed E-state index contributed by atoms with van der Waals surface area (Å²) >= 11 is 0. The summed E-state index contributed by atoms with van der Waals surface area (Å²) in [6.07, 6.45) is 7.17. The number of fused-ring (bicyclic) bond motifs is 1. The van der Waals surface area contributed by atoms with Crippen LogP contribution in [0.15, 0.2) is 30.7 Å². The number of hydrogen-bond donors (Lipinski definition) is 0. The summed E-state index contributed by atoms with van der Waals surface area (Å²) in [6, 6.07) is 3.77. The van der Waals surface area contributed by atoms with Crippen molar-refractivity contribution in [2.45, 2.75) is 38.5 Å². The van der Waals surface area contributed by atoms with E-state index in [4.69, 9.17) is 4.74 Å². The van der Waals surface area contributed by atoms with Gasteiger partial charge >= 0.3 is 0 Å². The second-order valence-electron chi connectivity index (χ2n) is 6.54. The highest BCUT2D eigenvalue weighted by Gasteiger charge is 2.44. The quantitative estimate of drug-likeness (QED) is 0.849. The first-order valence-corrected chi connectivity index (χ1v) is 8.42. The summed E-state index contributed by atoms with van der Waals surface area (Å²) in [7, 11) is 0. The number of nitrogens with zero attached hydrogens (tertiary/aromatic N) is 5. The fourth-order valence-corrected chi connectivity index (χ4v) is 3.87. The van der Waals surface area contributed by atoms with Gasteiger partial charge in [-0.25, -0.2) is 4.68 Å². The third-order valence-corrected chi connectivity index (χ3v) is 5.11. The number of amides is 1. The smallest absolute Gasteiger partial charge is 0.255 e. The number of morpholine rings is 1. The molecule has 7 heteroatoms. The molecule has 0 bridgehead atoms. The molecule has 1 aliphatic heterocycles. The van der Waals surface area contributed by atoms with Crippen LogP contribution in [-0.2, 0) is 11.3 Å². The Bertz CT molecular complexity index is 717. The Balaban J connectivity index is 1.50. The molecule has 0 N–H and O–H groups in total. The van der Waals surface area contributed by atoms with E-state index in [1.807, 2.05) is 22.6 Å². The van der Waals surface area contributed by atoms with E-state index in [0.29, 0.717) is 24.6 Å². The number of aryl methyl sites for hydroxylation is 1. The molecule has 2 aliphatic rings. The largest absolute Gasteiger partial charge is 0.374 e. The van der Waals surface area contributed by atoms with E-state index < -0.39 is 0 Å². The van der Waals surface area contributed by atoms with E-state index in [1.54, 1.807) is 24.7 Å². The van der Waals surface area contributed by atoms with Gasteiger partial charge in [0.2, 0.25) is 0 Å². The molecule has 4 rings (SSSR count). The summed E-state index contributed by atoms with van der Waals surface area (Å²) in [6.45, 7) is 4.03. The predicted molar refractivity (Wildman–Crippen MR) is 86.3 cm³/mol. The van der Waals surface area contributed by atoms with Crippen LogP contribution in [0.3, 0.4) is 0 Å². The van der Waals surface area contributed by atoms with Crippen molar-refractivity contribution in [1.29, 1.82) is 0 Å². The molecular formula is C17H21N5O2. The first kappa shape index (κ1) is 15.3. The molecule has 2 aromatic rings. The average molecular weight is 327 g/mol. The number of carbonyl (C=O) groups is 1. The molecule has 0 aromatic carbocycles. The van der Waals surface area contributed by atoms with Gasteiger partial charge in [-0.3, -0.25) is 9.78 Å². The highest BCUT2D eigenvalue weighted by molar-refractivity contribution is 5.94. The van der Waals surface area contributed by atoms with Crippen LogP contribution in [0, 0.1) is 12.8 Å². The third-order valence-electron chi connectivity index (χ3n) is 5.11. The van der Waals surface area contributed by atoms with Crippen molar-refractivity contribution in [1.82, 2.24) is 24.9 Å². The van der Waals surface area contributed by atoms with Crippen LogP contribution < -0.4 is 0 Å². The molecular weight excluding hydrogens is 306 g/mol. The summed E-state index contributed by atoms with van der Waals surface area (Å²) in [5.41, 5.74) is 1.70. The number of pyridine rings is 1. The van der Waals surface area contributed by atoms with Gasteiger partial charge in [-0.2, -0.15) is 0 Å². The normalized spacial score (nSPS) is 26.4. The predicted octanol–water partition coefficient (Wildman–Crippen LogP) is 1.30. The lowest BCUT2D eigenvalue weighted by Crippen LogP contribution is -2.53. The van der Waals surface area contributed by atoms with Crippen LogP contribution in [0.1, 0.15) is 28.9 Å². The minimum atomic E-state index is 0.0546. The minimum absolute atomic E-state index is 0.0546. The summed E-state index contributed by atoms with van der Waals surface area (Å²) in [4.78, 5) is 18.9. The molecule has 1 saturated heterocycles. The van der Waals surface area contributed by atoms with E-state index in [9.17, 15) is 4.79 Å². The summed E-state index contributed by atoms with van der Waals surface area (Å²) in [5, 5.41) is 8.09. The molecule has 7 nitrogen and oxygen atoms in total. The van der Waals surface area contributed by atoms with Gasteiger partial charge in [0.15, 0.2) is 0 Å². The number of carbonyl (C=O) groups excluding carboxylic acids is 1. The second-order valence-corrected chi connectivity index (χ2v) is 6.54. The standard InChI is InChI=1S/C17H21N5O2/c1-12-9-19-20-22(12)11-14-4-5-15-16(14)24-8-7-21(15)17(23)13-3-2-6-18-10-13/h2-3,6,9-10,14-16H,4-5,7-8,11H2,1H3/t14-,15+,16-/m0/s1. The van der Waals surface area contributed by atoms with Crippen molar-refractivity contribution in [2.75, 3.05) is 13.2 Å². The molecule has 0 spiro atoms. The maximum absolute atomic E-state index is 12.8. The average Bonchev–Trinajstić information content (AvgIpc) is 3.22. The van der Waals surface area contributed by atoms with E-state index >= 15 is 0 Å². The van der Waals surface area contributed by atoms with Gasteiger partial charge in [0, 0.05) is 31.4 Å². The molecule has 2 aromatic heterocycles. The van der Waals surface area contributed by atoms with Crippen molar-refractivity contribution >= 4 is 5.91 Å². The number of rotatable bonds is 3.